The molecule has 0 aromatic heterocycles. The van der Waals surface area contributed by atoms with Gasteiger partial charge in [-0.2, -0.15) is 0 Å². The van der Waals surface area contributed by atoms with Crippen molar-refractivity contribution >= 4 is 16.3 Å². The molecule has 0 amide bonds. The molecule has 0 saturated heterocycles. The van der Waals surface area contributed by atoms with Gasteiger partial charge in [0.05, 0.1) is 11.4 Å². The SMILES string of the molecule is O=CCNS(=O)(=O)c1ccccc1. The second-order valence-corrected chi connectivity index (χ2v) is 4.10. The van der Waals surface area contributed by atoms with Gasteiger partial charge in [0.1, 0.15) is 6.29 Å². The van der Waals surface area contributed by atoms with Gasteiger partial charge in [-0.3, -0.25) is 0 Å². The van der Waals surface area contributed by atoms with Gasteiger partial charge in [-0.25, -0.2) is 13.1 Å². The fraction of sp³-hybridized carbons (Fsp3) is 0.125. The van der Waals surface area contributed by atoms with Crippen LogP contribution in [-0.2, 0) is 14.8 Å². The zero-order chi connectivity index (χ0) is 9.73. The summed E-state index contributed by atoms with van der Waals surface area (Å²) in [5.74, 6) is 0. The molecule has 4 nitrogen and oxygen atoms in total. The highest BCUT2D eigenvalue weighted by Crippen LogP contribution is 2.05. The minimum absolute atomic E-state index is 0.164. The molecule has 0 heterocycles. The van der Waals surface area contributed by atoms with Crippen molar-refractivity contribution < 1.29 is 13.2 Å². The molecule has 70 valence electrons. The van der Waals surface area contributed by atoms with Crippen LogP contribution in [0, 0.1) is 0 Å². The highest BCUT2D eigenvalue weighted by molar-refractivity contribution is 7.89. The van der Waals surface area contributed by atoms with E-state index in [4.69, 9.17) is 0 Å². The first-order valence-corrected chi connectivity index (χ1v) is 5.13. The molecular formula is C8H9NO3S. The Bertz CT molecular complexity index is 372. The van der Waals surface area contributed by atoms with Crippen molar-refractivity contribution in [2.24, 2.45) is 0 Å². The van der Waals surface area contributed by atoms with Crippen molar-refractivity contribution in [1.29, 1.82) is 0 Å². The van der Waals surface area contributed by atoms with Gasteiger partial charge in [0.25, 0.3) is 0 Å². The molecule has 0 bridgehead atoms. The van der Waals surface area contributed by atoms with Gasteiger partial charge >= 0.3 is 0 Å². The van der Waals surface area contributed by atoms with Gasteiger partial charge in [0, 0.05) is 0 Å². The predicted octanol–water partition coefficient (Wildman–Crippen LogP) is 0.164. The second kappa shape index (κ2) is 4.15. The van der Waals surface area contributed by atoms with E-state index in [2.05, 4.69) is 4.72 Å². The first-order valence-electron chi connectivity index (χ1n) is 3.65. The number of aldehydes is 1. The van der Waals surface area contributed by atoms with E-state index >= 15 is 0 Å². The molecule has 0 unspecified atom stereocenters. The highest BCUT2D eigenvalue weighted by atomic mass is 32.2. The average Bonchev–Trinajstić information content (AvgIpc) is 2.16. The second-order valence-electron chi connectivity index (χ2n) is 2.33. The Hall–Kier alpha value is -1.20. The average molecular weight is 199 g/mol. The van der Waals surface area contributed by atoms with Crippen LogP contribution in [0.2, 0.25) is 0 Å². The minimum Gasteiger partial charge on any atom is -0.302 e. The summed E-state index contributed by atoms with van der Waals surface area (Å²) in [5, 5.41) is 0. The zero-order valence-electron chi connectivity index (χ0n) is 6.80. The third kappa shape index (κ3) is 2.64. The molecule has 1 N–H and O–H groups in total. The maximum atomic E-state index is 11.3. The summed E-state index contributed by atoms with van der Waals surface area (Å²) in [4.78, 5) is 10.1. The Morgan fingerprint density at radius 2 is 1.85 bits per heavy atom. The van der Waals surface area contributed by atoms with Crippen molar-refractivity contribution in [2.75, 3.05) is 6.54 Å². The lowest BCUT2D eigenvalue weighted by Gasteiger charge is -2.02. The number of carbonyl (C=O) groups excluding carboxylic acids is 1. The number of carbonyl (C=O) groups is 1. The Labute approximate surface area is 76.6 Å². The Morgan fingerprint density at radius 3 is 2.38 bits per heavy atom. The van der Waals surface area contributed by atoms with Crippen LogP contribution in [0.15, 0.2) is 35.2 Å². The molecule has 0 saturated carbocycles. The highest BCUT2D eigenvalue weighted by Gasteiger charge is 2.11. The maximum absolute atomic E-state index is 11.3. The molecule has 0 radical (unpaired) electrons. The van der Waals surface area contributed by atoms with E-state index in [9.17, 15) is 13.2 Å². The van der Waals surface area contributed by atoms with Crippen LogP contribution in [0.5, 0.6) is 0 Å². The summed E-state index contributed by atoms with van der Waals surface area (Å²) < 4.78 is 24.8. The van der Waals surface area contributed by atoms with E-state index in [0.717, 1.165) is 0 Å². The van der Waals surface area contributed by atoms with Crippen LogP contribution in [0.3, 0.4) is 0 Å². The number of hydrogen-bond donors (Lipinski definition) is 1. The molecule has 0 aliphatic heterocycles. The zero-order valence-corrected chi connectivity index (χ0v) is 7.62. The molecule has 13 heavy (non-hydrogen) atoms. The molecule has 5 heteroatoms. The maximum Gasteiger partial charge on any atom is 0.240 e. The molecule has 0 fully saturated rings. The van der Waals surface area contributed by atoms with Crippen LogP contribution in [0.1, 0.15) is 0 Å². The van der Waals surface area contributed by atoms with E-state index in [1.807, 2.05) is 0 Å². The summed E-state index contributed by atoms with van der Waals surface area (Å²) in [7, 11) is -3.50. The summed E-state index contributed by atoms with van der Waals surface area (Å²) in [6.07, 6.45) is 0.500. The molecule has 0 spiro atoms. The lowest BCUT2D eigenvalue weighted by molar-refractivity contribution is -0.106. The first kappa shape index (κ1) is 9.88. The summed E-state index contributed by atoms with van der Waals surface area (Å²) in [6, 6.07) is 7.89. The number of rotatable bonds is 4. The van der Waals surface area contributed by atoms with Gasteiger partial charge in [-0.05, 0) is 12.1 Å². The van der Waals surface area contributed by atoms with E-state index in [-0.39, 0.29) is 11.4 Å². The third-order valence-electron chi connectivity index (χ3n) is 1.41. The predicted molar refractivity (Wildman–Crippen MR) is 47.7 cm³/mol. The Balaban J connectivity index is 2.88. The van der Waals surface area contributed by atoms with Crippen molar-refractivity contribution in [1.82, 2.24) is 4.72 Å². The van der Waals surface area contributed by atoms with Crippen LogP contribution in [0.25, 0.3) is 0 Å². The lowest BCUT2D eigenvalue weighted by Crippen LogP contribution is -2.25. The van der Waals surface area contributed by atoms with Crippen LogP contribution >= 0.6 is 0 Å². The standard InChI is InChI=1S/C8H9NO3S/c10-7-6-9-13(11,12)8-4-2-1-3-5-8/h1-5,7,9H,6H2. The van der Waals surface area contributed by atoms with Gasteiger partial charge in [0.15, 0.2) is 0 Å². The quantitative estimate of drug-likeness (QED) is 0.703. The van der Waals surface area contributed by atoms with E-state index in [1.165, 1.54) is 12.1 Å². The summed E-state index contributed by atoms with van der Waals surface area (Å²) in [5.41, 5.74) is 0. The molecule has 1 rings (SSSR count). The monoisotopic (exact) mass is 199 g/mol. The first-order chi connectivity index (χ1) is 6.17. The summed E-state index contributed by atoms with van der Waals surface area (Å²) in [6.45, 7) is -0.197. The lowest BCUT2D eigenvalue weighted by atomic mass is 10.4. The van der Waals surface area contributed by atoms with Gasteiger partial charge in [0.2, 0.25) is 10.0 Å². The molecule has 0 aliphatic rings. The summed E-state index contributed by atoms with van der Waals surface area (Å²) >= 11 is 0. The van der Waals surface area contributed by atoms with Gasteiger partial charge in [-0.15, -0.1) is 0 Å². The van der Waals surface area contributed by atoms with E-state index < -0.39 is 10.0 Å². The largest absolute Gasteiger partial charge is 0.302 e. The Morgan fingerprint density at radius 1 is 1.23 bits per heavy atom. The normalized spacial score (nSPS) is 11.1. The molecular weight excluding hydrogens is 190 g/mol. The molecule has 0 atom stereocenters. The van der Waals surface area contributed by atoms with Crippen LogP contribution < -0.4 is 4.72 Å². The van der Waals surface area contributed by atoms with Gasteiger partial charge in [-0.1, -0.05) is 18.2 Å². The number of benzene rings is 1. The smallest absolute Gasteiger partial charge is 0.240 e. The van der Waals surface area contributed by atoms with E-state index in [1.54, 1.807) is 18.2 Å². The van der Waals surface area contributed by atoms with Crippen LogP contribution in [0.4, 0.5) is 0 Å². The topological polar surface area (TPSA) is 63.2 Å². The van der Waals surface area contributed by atoms with Crippen LogP contribution in [-0.4, -0.2) is 21.2 Å². The minimum atomic E-state index is -3.50. The number of hydrogen-bond acceptors (Lipinski definition) is 3. The third-order valence-corrected chi connectivity index (χ3v) is 2.85. The fourth-order valence-corrected chi connectivity index (χ4v) is 1.80. The van der Waals surface area contributed by atoms with Crippen molar-refractivity contribution in [3.8, 4) is 0 Å². The number of sulfonamides is 1. The molecule has 1 aromatic rings. The van der Waals surface area contributed by atoms with Crippen molar-refractivity contribution in [3.63, 3.8) is 0 Å². The molecule has 0 aliphatic carbocycles. The van der Waals surface area contributed by atoms with Crippen molar-refractivity contribution in [2.45, 2.75) is 4.90 Å². The fourth-order valence-electron chi connectivity index (χ4n) is 0.827. The molecule has 1 aromatic carbocycles. The van der Waals surface area contributed by atoms with Crippen molar-refractivity contribution in [3.05, 3.63) is 30.3 Å². The van der Waals surface area contributed by atoms with E-state index in [0.29, 0.717) is 6.29 Å². The number of nitrogens with one attached hydrogen (secondary N) is 1. The van der Waals surface area contributed by atoms with Gasteiger partial charge < -0.3 is 4.79 Å². The Kier molecular flexibility index (Phi) is 3.16.